The van der Waals surface area contributed by atoms with Gasteiger partial charge in [0.2, 0.25) is 0 Å². The standard InChI is InChI=1S/C19H20F2O4/c1-18(15-3-9-2-10-4-16(18)19(10,15)7-9)25-17(23)8-24-14-6-11(20)13(22)5-12(14)21/h5-6,9-10,15-16,22H,2-4,7-8H2,1H3. The summed E-state index contributed by atoms with van der Waals surface area (Å²) < 4.78 is 37.8. The number of aromatic hydroxyl groups is 1. The van der Waals surface area contributed by atoms with Crippen LogP contribution in [0.15, 0.2) is 12.1 Å². The molecule has 1 spiro atoms. The number of hydrogen-bond acceptors (Lipinski definition) is 4. The van der Waals surface area contributed by atoms with Gasteiger partial charge in [-0.2, -0.15) is 0 Å². The summed E-state index contributed by atoms with van der Waals surface area (Å²) in [6.45, 7) is 1.54. The first-order chi connectivity index (χ1) is 11.8. The van der Waals surface area contributed by atoms with Gasteiger partial charge in [-0.1, -0.05) is 0 Å². The van der Waals surface area contributed by atoms with E-state index < -0.39 is 41.3 Å². The van der Waals surface area contributed by atoms with E-state index in [0.29, 0.717) is 23.3 Å². The number of phenolic OH excluding ortho intramolecular Hbond substituents is 1. The molecule has 134 valence electrons. The normalized spacial score (nSPS) is 42.4. The fourth-order valence-electron chi connectivity index (χ4n) is 6.72. The van der Waals surface area contributed by atoms with E-state index in [0.717, 1.165) is 30.7 Å². The van der Waals surface area contributed by atoms with E-state index in [4.69, 9.17) is 14.6 Å². The Bertz CT molecular complexity index is 781. The Morgan fingerprint density at radius 2 is 2.00 bits per heavy atom. The quantitative estimate of drug-likeness (QED) is 0.846. The first-order valence-electron chi connectivity index (χ1n) is 8.87. The lowest BCUT2D eigenvalue weighted by molar-refractivity contribution is -0.319. The monoisotopic (exact) mass is 350 g/mol. The molecule has 6 unspecified atom stereocenters. The summed E-state index contributed by atoms with van der Waals surface area (Å²) in [6.07, 6.45) is 4.89. The van der Waals surface area contributed by atoms with Crippen molar-refractivity contribution >= 4 is 5.97 Å². The molecule has 4 aliphatic carbocycles. The molecule has 0 heterocycles. The highest BCUT2D eigenvalue weighted by Gasteiger charge is 2.83. The van der Waals surface area contributed by atoms with Gasteiger partial charge in [-0.15, -0.1) is 0 Å². The van der Waals surface area contributed by atoms with Crippen molar-refractivity contribution in [1.82, 2.24) is 0 Å². The summed E-state index contributed by atoms with van der Waals surface area (Å²) in [7, 11) is 0. The zero-order valence-electron chi connectivity index (χ0n) is 13.9. The molecule has 4 fully saturated rings. The van der Waals surface area contributed by atoms with Crippen LogP contribution in [0.4, 0.5) is 8.78 Å². The number of phenols is 1. The molecule has 2 bridgehead atoms. The predicted octanol–water partition coefficient (Wildman–Crippen LogP) is 3.42. The van der Waals surface area contributed by atoms with E-state index in [9.17, 15) is 13.6 Å². The van der Waals surface area contributed by atoms with Crippen LogP contribution in [0.5, 0.6) is 11.5 Å². The van der Waals surface area contributed by atoms with Crippen LogP contribution in [0.2, 0.25) is 0 Å². The van der Waals surface area contributed by atoms with E-state index in [1.807, 2.05) is 6.92 Å². The second-order valence-corrected chi connectivity index (χ2v) is 8.37. The van der Waals surface area contributed by atoms with Gasteiger partial charge in [0, 0.05) is 24.0 Å². The number of hydrogen-bond donors (Lipinski definition) is 1. The predicted molar refractivity (Wildman–Crippen MR) is 82.9 cm³/mol. The highest BCUT2D eigenvalue weighted by molar-refractivity contribution is 5.72. The number of esters is 1. The largest absolute Gasteiger partial charge is 0.505 e. The van der Waals surface area contributed by atoms with Crippen LogP contribution < -0.4 is 4.74 Å². The maximum Gasteiger partial charge on any atom is 0.344 e. The summed E-state index contributed by atoms with van der Waals surface area (Å²) >= 11 is 0. The minimum absolute atomic E-state index is 0.411. The lowest BCUT2D eigenvalue weighted by Crippen LogP contribution is -2.76. The number of rotatable bonds is 4. The van der Waals surface area contributed by atoms with Gasteiger partial charge in [-0.25, -0.2) is 13.6 Å². The van der Waals surface area contributed by atoms with E-state index in [1.165, 1.54) is 12.8 Å². The van der Waals surface area contributed by atoms with Crippen molar-refractivity contribution in [1.29, 1.82) is 0 Å². The van der Waals surface area contributed by atoms with Crippen molar-refractivity contribution in [3.8, 4) is 11.5 Å². The third-order valence-corrected chi connectivity index (χ3v) is 7.47. The molecular weight excluding hydrogens is 330 g/mol. The summed E-state index contributed by atoms with van der Waals surface area (Å²) in [4.78, 5) is 12.2. The maximum atomic E-state index is 13.6. The Morgan fingerprint density at radius 1 is 1.24 bits per heavy atom. The van der Waals surface area contributed by atoms with E-state index >= 15 is 0 Å². The maximum absolute atomic E-state index is 13.6. The zero-order valence-corrected chi connectivity index (χ0v) is 13.9. The van der Waals surface area contributed by atoms with Crippen molar-refractivity contribution in [2.24, 2.45) is 29.1 Å². The van der Waals surface area contributed by atoms with Crippen LogP contribution >= 0.6 is 0 Å². The Labute approximate surface area is 144 Å². The van der Waals surface area contributed by atoms with Gasteiger partial charge < -0.3 is 14.6 Å². The molecule has 0 aromatic heterocycles. The zero-order chi connectivity index (χ0) is 17.6. The summed E-state index contributed by atoms with van der Waals surface area (Å²) in [5.74, 6) is -1.21. The van der Waals surface area contributed by atoms with Gasteiger partial charge in [0.1, 0.15) is 5.60 Å². The van der Waals surface area contributed by atoms with E-state index in [1.54, 1.807) is 0 Å². The average Bonchev–Trinajstić information content (AvgIpc) is 3.06. The second-order valence-electron chi connectivity index (χ2n) is 8.37. The number of fused-ring (bicyclic) bond motifs is 1. The third kappa shape index (κ3) is 1.78. The molecular formula is C19H20F2O4. The highest BCUT2D eigenvalue weighted by atomic mass is 19.1. The lowest BCUT2D eigenvalue weighted by Gasteiger charge is -2.74. The number of benzene rings is 1. The van der Waals surface area contributed by atoms with Crippen molar-refractivity contribution in [2.45, 2.75) is 38.2 Å². The molecule has 4 nitrogen and oxygen atoms in total. The Kier molecular flexibility index (Phi) is 2.87. The van der Waals surface area contributed by atoms with Gasteiger partial charge in [0.05, 0.1) is 0 Å². The second kappa shape index (κ2) is 4.65. The highest BCUT2D eigenvalue weighted by Crippen LogP contribution is 2.84. The van der Waals surface area contributed by atoms with Crippen LogP contribution in [0.3, 0.4) is 0 Å². The first kappa shape index (κ1) is 15.4. The molecule has 0 radical (unpaired) electrons. The SMILES string of the molecule is CC1(OC(=O)COc2cc(F)c(O)cc2F)C2CC3CC4CC1C42C3. The topological polar surface area (TPSA) is 55.8 Å². The summed E-state index contributed by atoms with van der Waals surface area (Å²) in [6, 6.07) is 1.35. The van der Waals surface area contributed by atoms with Crippen LogP contribution in [-0.2, 0) is 9.53 Å². The molecule has 25 heavy (non-hydrogen) atoms. The van der Waals surface area contributed by atoms with E-state index in [-0.39, 0.29) is 0 Å². The van der Waals surface area contributed by atoms with Crippen LogP contribution in [-0.4, -0.2) is 23.3 Å². The van der Waals surface area contributed by atoms with Crippen molar-refractivity contribution in [3.05, 3.63) is 23.8 Å². The fraction of sp³-hybridized carbons (Fsp3) is 0.632. The molecule has 6 heteroatoms. The molecule has 4 saturated carbocycles. The van der Waals surface area contributed by atoms with Crippen molar-refractivity contribution in [2.75, 3.05) is 6.61 Å². The molecule has 1 aromatic carbocycles. The molecule has 4 aliphatic rings. The molecule has 0 saturated heterocycles. The number of carbonyl (C=O) groups is 1. The Balaban J connectivity index is 1.24. The van der Waals surface area contributed by atoms with Crippen LogP contribution in [0.1, 0.15) is 32.6 Å². The third-order valence-electron chi connectivity index (χ3n) is 7.47. The summed E-state index contributed by atoms with van der Waals surface area (Å²) in [5.41, 5.74) is -0.0163. The van der Waals surface area contributed by atoms with Crippen LogP contribution in [0.25, 0.3) is 0 Å². The van der Waals surface area contributed by atoms with Crippen LogP contribution in [0, 0.1) is 40.7 Å². The molecule has 6 atom stereocenters. The van der Waals surface area contributed by atoms with Gasteiger partial charge in [0.15, 0.2) is 29.7 Å². The lowest BCUT2D eigenvalue weighted by atomic mass is 9.32. The molecule has 0 amide bonds. The Morgan fingerprint density at radius 3 is 2.76 bits per heavy atom. The minimum Gasteiger partial charge on any atom is -0.505 e. The van der Waals surface area contributed by atoms with E-state index in [2.05, 4.69) is 0 Å². The van der Waals surface area contributed by atoms with Gasteiger partial charge >= 0.3 is 5.97 Å². The molecule has 1 N–H and O–H groups in total. The number of ether oxygens (including phenoxy) is 2. The van der Waals surface area contributed by atoms with Crippen molar-refractivity contribution in [3.63, 3.8) is 0 Å². The first-order valence-corrected chi connectivity index (χ1v) is 8.87. The average molecular weight is 350 g/mol. The molecule has 1 aromatic rings. The molecule has 0 aliphatic heterocycles. The Hall–Kier alpha value is -1.85. The van der Waals surface area contributed by atoms with Gasteiger partial charge in [-0.05, 0) is 49.9 Å². The number of carbonyl (C=O) groups excluding carboxylic acids is 1. The van der Waals surface area contributed by atoms with Gasteiger partial charge in [-0.3, -0.25) is 0 Å². The molecule has 5 rings (SSSR count). The van der Waals surface area contributed by atoms with Gasteiger partial charge in [0.25, 0.3) is 0 Å². The number of halogens is 2. The van der Waals surface area contributed by atoms with Crippen molar-refractivity contribution < 1.29 is 28.2 Å². The fourth-order valence-corrected chi connectivity index (χ4v) is 6.72. The summed E-state index contributed by atoms with van der Waals surface area (Å²) in [5, 5.41) is 9.10. The smallest absolute Gasteiger partial charge is 0.344 e. The minimum atomic E-state index is -1.000.